The van der Waals surface area contributed by atoms with E-state index in [1.807, 2.05) is 60.0 Å². The predicted octanol–water partition coefficient (Wildman–Crippen LogP) is 4.78. The monoisotopic (exact) mass is 395 g/mol. The number of benzene rings is 2. The highest BCUT2D eigenvalue weighted by atomic mass is 32.1. The fraction of sp³-hybridized carbons (Fsp3) is 0.182. The highest BCUT2D eigenvalue weighted by Gasteiger charge is 2.22. The number of thiophene rings is 1. The van der Waals surface area contributed by atoms with Crippen LogP contribution in [0.1, 0.15) is 22.8 Å². The van der Waals surface area contributed by atoms with Crippen LogP contribution >= 0.6 is 11.3 Å². The lowest BCUT2D eigenvalue weighted by molar-refractivity contribution is -0.115. The van der Waals surface area contributed by atoms with Gasteiger partial charge in [-0.15, -0.1) is 11.3 Å². The Kier molecular flexibility index (Phi) is 6.45. The van der Waals surface area contributed by atoms with E-state index >= 15 is 0 Å². The molecule has 28 heavy (non-hydrogen) atoms. The fourth-order valence-electron chi connectivity index (χ4n) is 2.79. The Morgan fingerprint density at radius 3 is 2.39 bits per heavy atom. The van der Waals surface area contributed by atoms with E-state index in [9.17, 15) is 9.59 Å². The van der Waals surface area contributed by atoms with Crippen molar-refractivity contribution in [3.8, 4) is 16.9 Å². The molecule has 0 aliphatic rings. The number of ether oxygens (including phenoxy) is 2. The molecular formula is C22H21NO4S. The zero-order valence-corrected chi connectivity index (χ0v) is 16.5. The number of esters is 1. The van der Waals surface area contributed by atoms with Gasteiger partial charge in [0.1, 0.15) is 16.3 Å². The van der Waals surface area contributed by atoms with Crippen LogP contribution in [0.5, 0.6) is 5.75 Å². The van der Waals surface area contributed by atoms with Crippen molar-refractivity contribution in [2.75, 3.05) is 19.0 Å². The molecule has 0 saturated heterocycles. The summed E-state index contributed by atoms with van der Waals surface area (Å²) in [7, 11) is 1.60. The molecule has 0 radical (unpaired) electrons. The summed E-state index contributed by atoms with van der Waals surface area (Å²) in [6, 6.07) is 16.9. The van der Waals surface area contributed by atoms with Gasteiger partial charge in [0.15, 0.2) is 0 Å². The molecule has 0 saturated carbocycles. The van der Waals surface area contributed by atoms with Crippen molar-refractivity contribution in [2.45, 2.75) is 13.3 Å². The molecule has 1 amide bonds. The van der Waals surface area contributed by atoms with Crippen molar-refractivity contribution in [3.63, 3.8) is 0 Å². The first kappa shape index (κ1) is 19.6. The lowest BCUT2D eigenvalue weighted by Gasteiger charge is -2.09. The maximum absolute atomic E-state index is 12.6. The van der Waals surface area contributed by atoms with E-state index in [0.29, 0.717) is 10.6 Å². The van der Waals surface area contributed by atoms with Crippen molar-refractivity contribution in [2.24, 2.45) is 0 Å². The zero-order valence-electron chi connectivity index (χ0n) is 15.7. The Bertz CT molecular complexity index is 948. The fourth-order valence-corrected chi connectivity index (χ4v) is 3.76. The van der Waals surface area contributed by atoms with Crippen LogP contribution < -0.4 is 10.1 Å². The lowest BCUT2D eigenvalue weighted by atomic mass is 10.0. The maximum atomic E-state index is 12.6. The molecule has 0 aliphatic carbocycles. The van der Waals surface area contributed by atoms with E-state index < -0.39 is 5.97 Å². The molecule has 1 aromatic heterocycles. The van der Waals surface area contributed by atoms with E-state index in [1.165, 1.54) is 11.3 Å². The quantitative estimate of drug-likeness (QED) is 0.585. The number of carbonyl (C=O) groups excluding carboxylic acids is 2. The molecule has 0 fully saturated rings. The van der Waals surface area contributed by atoms with E-state index in [1.54, 1.807) is 14.0 Å². The molecule has 3 aromatic rings. The minimum atomic E-state index is -0.454. The van der Waals surface area contributed by atoms with Gasteiger partial charge in [0.05, 0.1) is 20.1 Å². The predicted molar refractivity (Wildman–Crippen MR) is 111 cm³/mol. The van der Waals surface area contributed by atoms with Gasteiger partial charge in [-0.2, -0.15) is 0 Å². The number of nitrogens with one attached hydrogen (secondary N) is 1. The number of methoxy groups -OCH3 is 1. The van der Waals surface area contributed by atoms with Gasteiger partial charge in [-0.1, -0.05) is 42.5 Å². The molecule has 0 bridgehead atoms. The summed E-state index contributed by atoms with van der Waals surface area (Å²) < 4.78 is 10.4. The maximum Gasteiger partial charge on any atom is 0.341 e. The van der Waals surface area contributed by atoms with Gasteiger partial charge in [0.25, 0.3) is 0 Å². The first-order valence-corrected chi connectivity index (χ1v) is 9.77. The molecule has 0 atom stereocenters. The second kappa shape index (κ2) is 9.19. The highest BCUT2D eigenvalue weighted by molar-refractivity contribution is 7.15. The number of carbonyl (C=O) groups is 2. The second-order valence-electron chi connectivity index (χ2n) is 6.01. The number of rotatable bonds is 7. The molecule has 0 unspecified atom stereocenters. The number of anilines is 1. The van der Waals surface area contributed by atoms with Crippen molar-refractivity contribution < 1.29 is 19.1 Å². The zero-order chi connectivity index (χ0) is 19.9. The normalized spacial score (nSPS) is 10.4. The molecule has 2 aromatic carbocycles. The molecule has 3 rings (SSSR count). The summed E-state index contributed by atoms with van der Waals surface area (Å²) >= 11 is 1.31. The lowest BCUT2D eigenvalue weighted by Crippen LogP contribution is -2.16. The Morgan fingerprint density at radius 1 is 1.04 bits per heavy atom. The van der Waals surface area contributed by atoms with Gasteiger partial charge in [-0.25, -0.2) is 4.79 Å². The van der Waals surface area contributed by atoms with Gasteiger partial charge in [0, 0.05) is 10.9 Å². The van der Waals surface area contributed by atoms with E-state index in [2.05, 4.69) is 5.32 Å². The Labute approximate surface area is 167 Å². The van der Waals surface area contributed by atoms with E-state index in [4.69, 9.17) is 9.47 Å². The van der Waals surface area contributed by atoms with Gasteiger partial charge < -0.3 is 14.8 Å². The average molecular weight is 395 g/mol. The third-order valence-corrected chi connectivity index (χ3v) is 5.03. The molecule has 144 valence electrons. The van der Waals surface area contributed by atoms with Crippen LogP contribution in [-0.2, 0) is 16.0 Å². The molecular weight excluding hydrogens is 374 g/mol. The van der Waals surface area contributed by atoms with Gasteiger partial charge in [-0.05, 0) is 30.2 Å². The minimum Gasteiger partial charge on any atom is -0.497 e. The smallest absolute Gasteiger partial charge is 0.341 e. The largest absolute Gasteiger partial charge is 0.497 e. The van der Waals surface area contributed by atoms with Crippen LogP contribution in [-0.4, -0.2) is 25.6 Å². The van der Waals surface area contributed by atoms with Crippen LogP contribution in [0.4, 0.5) is 5.00 Å². The average Bonchev–Trinajstić information content (AvgIpc) is 3.12. The summed E-state index contributed by atoms with van der Waals surface area (Å²) in [6.07, 6.45) is 0.235. The summed E-state index contributed by atoms with van der Waals surface area (Å²) in [5.41, 5.74) is 2.85. The molecule has 6 heteroatoms. The summed E-state index contributed by atoms with van der Waals surface area (Å²) in [4.78, 5) is 25.1. The van der Waals surface area contributed by atoms with Crippen LogP contribution in [0.25, 0.3) is 11.1 Å². The third kappa shape index (κ3) is 4.58. The number of hydrogen-bond donors (Lipinski definition) is 1. The summed E-state index contributed by atoms with van der Waals surface area (Å²) in [5, 5.41) is 5.21. The van der Waals surface area contributed by atoms with Crippen molar-refractivity contribution >= 4 is 28.2 Å². The summed E-state index contributed by atoms with van der Waals surface area (Å²) in [5.74, 6) is 0.0949. The van der Waals surface area contributed by atoms with Crippen LogP contribution in [0.2, 0.25) is 0 Å². The van der Waals surface area contributed by atoms with Gasteiger partial charge in [0.2, 0.25) is 5.91 Å². The number of hydrogen-bond acceptors (Lipinski definition) is 5. The Balaban J connectivity index is 1.88. The summed E-state index contributed by atoms with van der Waals surface area (Å²) in [6.45, 7) is 2.01. The van der Waals surface area contributed by atoms with E-state index in [-0.39, 0.29) is 18.9 Å². The topological polar surface area (TPSA) is 64.6 Å². The van der Waals surface area contributed by atoms with Crippen molar-refractivity contribution in [3.05, 3.63) is 71.1 Å². The molecule has 5 nitrogen and oxygen atoms in total. The van der Waals surface area contributed by atoms with Crippen molar-refractivity contribution in [1.29, 1.82) is 0 Å². The molecule has 1 N–H and O–H groups in total. The molecule has 1 heterocycles. The second-order valence-corrected chi connectivity index (χ2v) is 6.89. The van der Waals surface area contributed by atoms with Gasteiger partial charge in [-0.3, -0.25) is 4.79 Å². The Morgan fingerprint density at radius 2 is 1.75 bits per heavy atom. The van der Waals surface area contributed by atoms with Crippen LogP contribution in [0.15, 0.2) is 60.0 Å². The number of amides is 1. The third-order valence-electron chi connectivity index (χ3n) is 4.13. The molecule has 0 aliphatic heterocycles. The van der Waals surface area contributed by atoms with Crippen LogP contribution in [0, 0.1) is 0 Å². The van der Waals surface area contributed by atoms with Crippen molar-refractivity contribution in [1.82, 2.24) is 0 Å². The SMILES string of the molecule is CCOC(=O)c1c(-c2ccc(OC)cc2)csc1NC(=O)Cc1ccccc1. The highest BCUT2D eigenvalue weighted by Crippen LogP contribution is 2.37. The first-order chi connectivity index (χ1) is 13.6. The van der Waals surface area contributed by atoms with Gasteiger partial charge >= 0.3 is 5.97 Å². The van der Waals surface area contributed by atoms with Crippen LogP contribution in [0.3, 0.4) is 0 Å². The molecule has 0 spiro atoms. The Hall–Kier alpha value is -3.12. The van der Waals surface area contributed by atoms with E-state index in [0.717, 1.165) is 22.4 Å². The first-order valence-electron chi connectivity index (χ1n) is 8.89. The minimum absolute atomic E-state index is 0.181. The standard InChI is InChI=1S/C22H21NO4S/c1-3-27-22(25)20-18(16-9-11-17(26-2)12-10-16)14-28-21(20)23-19(24)13-15-7-5-4-6-8-15/h4-12,14H,3,13H2,1-2H3,(H,23,24).